The molecule has 0 atom stereocenters. The second kappa shape index (κ2) is 6.11. The summed E-state index contributed by atoms with van der Waals surface area (Å²) in [4.78, 5) is 22.9. The first-order valence-corrected chi connectivity index (χ1v) is 5.35. The fourth-order valence-electron chi connectivity index (χ4n) is 0.788. The SMILES string of the molecule is CNc1nc(OC)nc(SCC(=O)OC)n1. The number of nitrogens with zero attached hydrogens (tertiary/aromatic N) is 3. The van der Waals surface area contributed by atoms with E-state index < -0.39 is 0 Å². The zero-order valence-electron chi connectivity index (χ0n) is 9.18. The van der Waals surface area contributed by atoms with E-state index in [1.807, 2.05) is 0 Å². The van der Waals surface area contributed by atoms with E-state index in [0.29, 0.717) is 11.1 Å². The summed E-state index contributed by atoms with van der Waals surface area (Å²) in [5.41, 5.74) is 0. The zero-order chi connectivity index (χ0) is 12.0. The van der Waals surface area contributed by atoms with Crippen molar-refractivity contribution in [2.24, 2.45) is 0 Å². The number of anilines is 1. The highest BCUT2D eigenvalue weighted by Gasteiger charge is 2.08. The van der Waals surface area contributed by atoms with Crippen molar-refractivity contribution in [1.82, 2.24) is 15.0 Å². The van der Waals surface area contributed by atoms with Crippen LogP contribution in [0.25, 0.3) is 0 Å². The van der Waals surface area contributed by atoms with E-state index in [1.54, 1.807) is 7.05 Å². The van der Waals surface area contributed by atoms with Gasteiger partial charge >= 0.3 is 12.0 Å². The van der Waals surface area contributed by atoms with Gasteiger partial charge in [0.2, 0.25) is 5.95 Å². The number of esters is 1. The van der Waals surface area contributed by atoms with Crippen molar-refractivity contribution in [3.63, 3.8) is 0 Å². The normalized spacial score (nSPS) is 9.69. The van der Waals surface area contributed by atoms with Crippen LogP contribution in [0.3, 0.4) is 0 Å². The van der Waals surface area contributed by atoms with Crippen LogP contribution in [0.2, 0.25) is 0 Å². The van der Waals surface area contributed by atoms with Gasteiger partial charge in [0.15, 0.2) is 5.16 Å². The highest BCUT2D eigenvalue weighted by atomic mass is 32.2. The van der Waals surface area contributed by atoms with E-state index in [1.165, 1.54) is 14.2 Å². The highest BCUT2D eigenvalue weighted by Crippen LogP contribution is 2.17. The van der Waals surface area contributed by atoms with Crippen LogP contribution in [0.1, 0.15) is 0 Å². The predicted octanol–water partition coefficient (Wildman–Crippen LogP) is 0.187. The zero-order valence-corrected chi connectivity index (χ0v) is 10.00. The minimum atomic E-state index is -0.338. The number of ether oxygens (including phenoxy) is 2. The first-order chi connectivity index (χ1) is 7.69. The minimum absolute atomic E-state index is 0.146. The Morgan fingerprint density at radius 2 is 2.12 bits per heavy atom. The van der Waals surface area contributed by atoms with Gasteiger partial charge in [-0.05, 0) is 0 Å². The van der Waals surface area contributed by atoms with Crippen molar-refractivity contribution >= 4 is 23.7 Å². The topological polar surface area (TPSA) is 86.2 Å². The molecule has 0 saturated heterocycles. The predicted molar refractivity (Wildman–Crippen MR) is 58.7 cm³/mol. The molecule has 0 saturated carbocycles. The summed E-state index contributed by atoms with van der Waals surface area (Å²) in [6.45, 7) is 0. The van der Waals surface area contributed by atoms with Crippen LogP contribution in [-0.2, 0) is 9.53 Å². The maximum absolute atomic E-state index is 10.9. The van der Waals surface area contributed by atoms with Gasteiger partial charge in [0.25, 0.3) is 0 Å². The van der Waals surface area contributed by atoms with E-state index in [9.17, 15) is 4.79 Å². The third-order valence-electron chi connectivity index (χ3n) is 1.55. The number of thioether (sulfide) groups is 1. The van der Waals surface area contributed by atoms with Gasteiger partial charge in [0.05, 0.1) is 20.0 Å². The fourth-order valence-corrected chi connectivity index (χ4v) is 1.45. The lowest BCUT2D eigenvalue weighted by Crippen LogP contribution is -2.06. The number of nitrogens with one attached hydrogen (secondary N) is 1. The third-order valence-corrected chi connectivity index (χ3v) is 2.37. The number of rotatable bonds is 5. The molecule has 0 aliphatic rings. The van der Waals surface area contributed by atoms with Gasteiger partial charge in [-0.15, -0.1) is 0 Å². The second-order valence-corrected chi connectivity index (χ2v) is 3.49. The van der Waals surface area contributed by atoms with Crippen molar-refractivity contribution in [2.45, 2.75) is 5.16 Å². The molecule has 0 aromatic carbocycles. The summed E-state index contributed by atoms with van der Waals surface area (Å²) in [6, 6.07) is 0.201. The van der Waals surface area contributed by atoms with Crippen LogP contribution >= 0.6 is 11.8 Å². The van der Waals surface area contributed by atoms with Gasteiger partial charge in [0, 0.05) is 7.05 Å². The van der Waals surface area contributed by atoms with E-state index in [2.05, 4.69) is 25.0 Å². The van der Waals surface area contributed by atoms with Crippen LogP contribution in [0.5, 0.6) is 6.01 Å². The van der Waals surface area contributed by atoms with Crippen LogP contribution in [0, 0.1) is 0 Å². The molecule has 1 N–H and O–H groups in total. The average molecular weight is 244 g/mol. The molecular formula is C8H12N4O3S. The molecular weight excluding hydrogens is 232 g/mol. The number of hydrogen-bond acceptors (Lipinski definition) is 8. The van der Waals surface area contributed by atoms with Gasteiger partial charge in [-0.2, -0.15) is 15.0 Å². The monoisotopic (exact) mass is 244 g/mol. The Hall–Kier alpha value is -1.57. The van der Waals surface area contributed by atoms with E-state index >= 15 is 0 Å². The first-order valence-electron chi connectivity index (χ1n) is 4.37. The molecule has 0 spiro atoms. The molecule has 88 valence electrons. The van der Waals surface area contributed by atoms with Gasteiger partial charge in [0.1, 0.15) is 0 Å². The largest absolute Gasteiger partial charge is 0.468 e. The molecule has 1 rings (SSSR count). The number of carbonyl (C=O) groups excluding carboxylic acids is 1. The van der Waals surface area contributed by atoms with Gasteiger partial charge < -0.3 is 14.8 Å². The Morgan fingerprint density at radius 1 is 1.38 bits per heavy atom. The van der Waals surface area contributed by atoms with Crippen molar-refractivity contribution < 1.29 is 14.3 Å². The first kappa shape index (κ1) is 12.5. The van der Waals surface area contributed by atoms with Crippen LogP contribution in [0.4, 0.5) is 5.95 Å². The standard InChI is InChI=1S/C8H12N4O3S/c1-9-6-10-7(15-3)12-8(11-6)16-4-5(13)14-2/h4H2,1-3H3,(H,9,10,11,12). The van der Waals surface area contributed by atoms with E-state index in [-0.39, 0.29) is 17.7 Å². The molecule has 8 heteroatoms. The lowest BCUT2D eigenvalue weighted by Gasteiger charge is -2.04. The number of carbonyl (C=O) groups is 1. The van der Waals surface area contributed by atoms with Crippen molar-refractivity contribution in [3.8, 4) is 6.01 Å². The fraction of sp³-hybridized carbons (Fsp3) is 0.500. The highest BCUT2D eigenvalue weighted by molar-refractivity contribution is 7.99. The maximum atomic E-state index is 10.9. The van der Waals surface area contributed by atoms with Crippen molar-refractivity contribution in [2.75, 3.05) is 32.3 Å². The van der Waals surface area contributed by atoms with Crippen LogP contribution in [-0.4, -0.2) is 47.9 Å². The van der Waals surface area contributed by atoms with Gasteiger partial charge in [-0.3, -0.25) is 4.79 Å². The van der Waals surface area contributed by atoms with Gasteiger partial charge in [-0.1, -0.05) is 11.8 Å². The molecule has 0 amide bonds. The summed E-state index contributed by atoms with van der Waals surface area (Å²) in [5.74, 6) is 0.196. The molecule has 7 nitrogen and oxygen atoms in total. The Labute approximate surface area is 97.0 Å². The van der Waals surface area contributed by atoms with Crippen molar-refractivity contribution in [1.29, 1.82) is 0 Å². The molecule has 0 fully saturated rings. The lowest BCUT2D eigenvalue weighted by atomic mass is 10.8. The third kappa shape index (κ3) is 3.54. The molecule has 1 heterocycles. The average Bonchev–Trinajstić information content (AvgIpc) is 2.35. The molecule has 0 bridgehead atoms. The summed E-state index contributed by atoms with van der Waals surface area (Å²) in [7, 11) is 4.48. The van der Waals surface area contributed by atoms with E-state index in [0.717, 1.165) is 11.8 Å². The smallest absolute Gasteiger partial charge is 0.321 e. The molecule has 16 heavy (non-hydrogen) atoms. The van der Waals surface area contributed by atoms with Crippen molar-refractivity contribution in [3.05, 3.63) is 0 Å². The summed E-state index contributed by atoms with van der Waals surface area (Å²) >= 11 is 1.16. The molecule has 0 aliphatic carbocycles. The maximum Gasteiger partial charge on any atom is 0.321 e. The summed E-state index contributed by atoms with van der Waals surface area (Å²) in [5, 5.41) is 3.18. The number of methoxy groups -OCH3 is 2. The minimum Gasteiger partial charge on any atom is -0.468 e. The summed E-state index contributed by atoms with van der Waals surface area (Å²) < 4.78 is 9.41. The molecule has 1 aromatic rings. The van der Waals surface area contributed by atoms with Gasteiger partial charge in [-0.25, -0.2) is 0 Å². The van der Waals surface area contributed by atoms with Crippen LogP contribution < -0.4 is 10.1 Å². The molecule has 0 aliphatic heterocycles. The Kier molecular flexibility index (Phi) is 4.77. The Balaban J connectivity index is 2.74. The molecule has 0 radical (unpaired) electrons. The quantitative estimate of drug-likeness (QED) is 0.580. The lowest BCUT2D eigenvalue weighted by molar-refractivity contribution is -0.137. The molecule has 1 aromatic heterocycles. The molecule has 0 unspecified atom stereocenters. The Morgan fingerprint density at radius 3 is 2.69 bits per heavy atom. The summed E-state index contributed by atoms with van der Waals surface area (Å²) in [6.07, 6.45) is 0. The number of aromatic nitrogens is 3. The number of hydrogen-bond donors (Lipinski definition) is 1. The Bertz CT molecular complexity index is 352. The van der Waals surface area contributed by atoms with Crippen LogP contribution in [0.15, 0.2) is 5.16 Å². The second-order valence-electron chi connectivity index (χ2n) is 2.54. The van der Waals surface area contributed by atoms with E-state index in [4.69, 9.17) is 4.74 Å².